The van der Waals surface area contributed by atoms with E-state index in [9.17, 15) is 4.79 Å². The number of ether oxygens (including phenoxy) is 1. The van der Waals surface area contributed by atoms with E-state index in [0.29, 0.717) is 0 Å². The molecule has 1 N–H and O–H groups in total. The van der Waals surface area contributed by atoms with Gasteiger partial charge >= 0.3 is 6.16 Å². The smallest absolute Gasteiger partial charge is 0.449 e. The van der Waals surface area contributed by atoms with Gasteiger partial charge in [0.2, 0.25) is 0 Å². The zero-order valence-corrected chi connectivity index (χ0v) is 4.20. The van der Waals surface area contributed by atoms with Crippen LogP contribution in [0.4, 0.5) is 4.79 Å². The average molecular weight is 114 g/mol. The maximum Gasteiger partial charge on any atom is 0.510 e. The molecule has 0 atom stereocenters. The fourth-order valence-electron chi connectivity index (χ4n) is 0.153. The lowest BCUT2D eigenvalue weighted by Gasteiger charge is -1.83. The van der Waals surface area contributed by atoms with Crippen LogP contribution in [-0.2, 0) is 4.74 Å². The van der Waals surface area contributed by atoms with Crippen molar-refractivity contribution in [3.05, 3.63) is 25.0 Å². The Morgan fingerprint density at radius 1 is 1.75 bits per heavy atom. The molecule has 0 radical (unpaired) electrons. The van der Waals surface area contributed by atoms with E-state index in [2.05, 4.69) is 11.3 Å². The van der Waals surface area contributed by atoms with Crippen molar-refractivity contribution in [2.45, 2.75) is 0 Å². The predicted octanol–water partition coefficient (Wildman–Crippen LogP) is 1.38. The van der Waals surface area contributed by atoms with Crippen molar-refractivity contribution in [3.63, 3.8) is 0 Å². The summed E-state index contributed by atoms with van der Waals surface area (Å²) < 4.78 is 3.95. The van der Waals surface area contributed by atoms with Crippen molar-refractivity contribution in [1.29, 1.82) is 0 Å². The van der Waals surface area contributed by atoms with Gasteiger partial charge in [-0.1, -0.05) is 12.7 Å². The van der Waals surface area contributed by atoms with Crippen LogP contribution in [0.1, 0.15) is 0 Å². The first-order valence-corrected chi connectivity index (χ1v) is 1.94. The molecule has 0 aliphatic carbocycles. The Morgan fingerprint density at radius 2 is 2.38 bits per heavy atom. The molecule has 0 aliphatic rings. The summed E-state index contributed by atoms with van der Waals surface area (Å²) in [6.45, 7) is 3.30. The predicted molar refractivity (Wildman–Crippen MR) is 28.4 cm³/mol. The molecular weight excluding hydrogens is 108 g/mol. The Kier molecular flexibility index (Phi) is 3.31. The summed E-state index contributed by atoms with van der Waals surface area (Å²) in [5.74, 6) is 0. The van der Waals surface area contributed by atoms with Crippen LogP contribution in [0.5, 0.6) is 0 Å². The Morgan fingerprint density at radius 3 is 2.75 bits per heavy atom. The molecule has 3 nitrogen and oxygen atoms in total. The van der Waals surface area contributed by atoms with E-state index in [1.54, 1.807) is 0 Å². The minimum Gasteiger partial charge on any atom is -0.449 e. The van der Waals surface area contributed by atoms with Crippen LogP contribution in [-0.4, -0.2) is 11.3 Å². The summed E-state index contributed by atoms with van der Waals surface area (Å²) in [5, 5.41) is 7.83. The molecule has 0 aromatic rings. The third-order valence-electron chi connectivity index (χ3n) is 0.384. The van der Waals surface area contributed by atoms with Gasteiger partial charge in [0.05, 0.1) is 6.26 Å². The molecule has 0 saturated carbocycles. The molecule has 8 heavy (non-hydrogen) atoms. The molecule has 0 bridgehead atoms. The number of rotatable bonds is 2. The number of allylic oxidation sites excluding steroid dienone is 2. The van der Waals surface area contributed by atoms with Crippen molar-refractivity contribution in [2.24, 2.45) is 0 Å². The normalized spacial score (nSPS) is 9.00. The quantitative estimate of drug-likeness (QED) is 0.335. The van der Waals surface area contributed by atoms with Crippen LogP contribution in [0.15, 0.2) is 25.0 Å². The van der Waals surface area contributed by atoms with E-state index in [4.69, 9.17) is 5.11 Å². The van der Waals surface area contributed by atoms with E-state index < -0.39 is 6.16 Å². The Hall–Kier alpha value is -1.25. The summed E-state index contributed by atoms with van der Waals surface area (Å²) in [7, 11) is 0. The van der Waals surface area contributed by atoms with Gasteiger partial charge in [0.25, 0.3) is 0 Å². The minimum absolute atomic E-state index is 1.04. The van der Waals surface area contributed by atoms with Crippen LogP contribution in [0.25, 0.3) is 0 Å². The molecule has 44 valence electrons. The highest BCUT2D eigenvalue weighted by atomic mass is 16.7. The lowest BCUT2D eigenvalue weighted by Crippen LogP contribution is -1.90. The van der Waals surface area contributed by atoms with Gasteiger partial charge in [0.15, 0.2) is 0 Å². The van der Waals surface area contributed by atoms with Crippen molar-refractivity contribution in [2.75, 3.05) is 0 Å². The van der Waals surface area contributed by atoms with Gasteiger partial charge in [-0.15, -0.1) is 0 Å². The van der Waals surface area contributed by atoms with Crippen LogP contribution < -0.4 is 0 Å². The van der Waals surface area contributed by atoms with E-state index >= 15 is 0 Å². The highest BCUT2D eigenvalue weighted by molar-refractivity contribution is 5.57. The summed E-state index contributed by atoms with van der Waals surface area (Å²) in [4.78, 5) is 9.57. The largest absolute Gasteiger partial charge is 0.510 e. The summed E-state index contributed by atoms with van der Waals surface area (Å²) >= 11 is 0. The molecular formula is C5H6O3. The fourth-order valence-corrected chi connectivity index (χ4v) is 0.153. The fraction of sp³-hybridized carbons (Fsp3) is 0. The maximum atomic E-state index is 9.57. The Balaban J connectivity index is 3.29. The molecule has 0 saturated heterocycles. The summed E-state index contributed by atoms with van der Waals surface area (Å²) in [6, 6.07) is 0. The van der Waals surface area contributed by atoms with Crippen LogP contribution in [0, 0.1) is 0 Å². The monoisotopic (exact) mass is 114 g/mol. The molecule has 0 heterocycles. The molecule has 0 rings (SSSR count). The molecule has 0 aromatic heterocycles. The van der Waals surface area contributed by atoms with E-state index in [0.717, 1.165) is 6.26 Å². The van der Waals surface area contributed by atoms with Gasteiger partial charge in [-0.3, -0.25) is 0 Å². The first kappa shape index (κ1) is 6.75. The Labute approximate surface area is 46.9 Å². The first-order chi connectivity index (χ1) is 3.77. The van der Waals surface area contributed by atoms with Crippen molar-refractivity contribution in [1.82, 2.24) is 0 Å². The second-order valence-electron chi connectivity index (χ2n) is 0.948. The average Bonchev–Trinajstić information content (AvgIpc) is 1.66. The third-order valence-corrected chi connectivity index (χ3v) is 0.384. The zero-order valence-electron chi connectivity index (χ0n) is 4.20. The molecule has 0 amide bonds. The molecule has 0 spiro atoms. The topological polar surface area (TPSA) is 46.5 Å². The van der Waals surface area contributed by atoms with Crippen LogP contribution in [0.3, 0.4) is 0 Å². The lowest BCUT2D eigenvalue weighted by atomic mass is 10.6. The SMILES string of the molecule is C=C/C=C/OC(=O)O. The second kappa shape index (κ2) is 3.92. The number of hydrogen-bond acceptors (Lipinski definition) is 2. The highest BCUT2D eigenvalue weighted by Gasteiger charge is 1.85. The molecule has 0 aromatic carbocycles. The van der Waals surface area contributed by atoms with Gasteiger partial charge in [-0.05, 0) is 6.08 Å². The summed E-state index contributed by atoms with van der Waals surface area (Å²) in [5.41, 5.74) is 0. The second-order valence-corrected chi connectivity index (χ2v) is 0.948. The van der Waals surface area contributed by atoms with E-state index in [-0.39, 0.29) is 0 Å². The minimum atomic E-state index is -1.32. The molecule has 0 aliphatic heterocycles. The lowest BCUT2D eigenvalue weighted by molar-refractivity contribution is 0.128. The van der Waals surface area contributed by atoms with Crippen molar-refractivity contribution >= 4 is 6.16 Å². The molecule has 0 fully saturated rings. The van der Waals surface area contributed by atoms with Crippen molar-refractivity contribution in [3.8, 4) is 0 Å². The highest BCUT2D eigenvalue weighted by Crippen LogP contribution is 1.77. The van der Waals surface area contributed by atoms with Gasteiger partial charge < -0.3 is 9.84 Å². The van der Waals surface area contributed by atoms with Crippen LogP contribution in [0.2, 0.25) is 0 Å². The number of carboxylic acid groups (broad SMARTS) is 1. The Bertz CT molecular complexity index is 115. The molecule has 3 heteroatoms. The standard InChI is InChI=1S/C5H6O3/c1-2-3-4-8-5(6)7/h2-4H,1H2,(H,6,7)/b4-3+. The molecule has 0 unspecified atom stereocenters. The number of carbonyl (C=O) groups is 1. The van der Waals surface area contributed by atoms with Gasteiger partial charge in [0.1, 0.15) is 0 Å². The van der Waals surface area contributed by atoms with Gasteiger partial charge in [0, 0.05) is 0 Å². The number of hydrogen-bond donors (Lipinski definition) is 1. The summed E-state index contributed by atoms with van der Waals surface area (Å²) in [6.07, 6.45) is 2.52. The van der Waals surface area contributed by atoms with E-state index in [1.165, 1.54) is 12.2 Å². The van der Waals surface area contributed by atoms with Gasteiger partial charge in [-0.2, -0.15) is 0 Å². The third kappa shape index (κ3) is 4.75. The first-order valence-electron chi connectivity index (χ1n) is 1.94. The van der Waals surface area contributed by atoms with E-state index in [1.807, 2.05) is 0 Å². The van der Waals surface area contributed by atoms with Gasteiger partial charge in [-0.25, -0.2) is 4.79 Å². The van der Waals surface area contributed by atoms with Crippen LogP contribution >= 0.6 is 0 Å². The maximum absolute atomic E-state index is 9.57. The van der Waals surface area contributed by atoms with Crippen molar-refractivity contribution < 1.29 is 14.6 Å². The zero-order chi connectivity index (χ0) is 6.41.